The van der Waals surface area contributed by atoms with Gasteiger partial charge in [-0.3, -0.25) is 19.9 Å². The van der Waals surface area contributed by atoms with E-state index in [2.05, 4.69) is 33.3 Å². The molecule has 6 N–H and O–H groups in total. The van der Waals surface area contributed by atoms with Crippen molar-refractivity contribution in [3.05, 3.63) is 101 Å². The number of amidine groups is 1. The number of piperidine rings is 1. The molecule has 2 amide bonds. The van der Waals surface area contributed by atoms with Crippen LogP contribution in [0, 0.1) is 10.8 Å². The Morgan fingerprint density at radius 3 is 2.35 bits per heavy atom. The second kappa shape index (κ2) is 16.6. The number of hydrogen-bond acceptors (Lipinski definition) is 8. The number of nitrogens with two attached hydrogens (primary N) is 1. The molecule has 0 saturated carbocycles. The van der Waals surface area contributed by atoms with Crippen LogP contribution in [0.3, 0.4) is 0 Å². The predicted octanol–water partition coefficient (Wildman–Crippen LogP) is 4.92. The molecule has 1 atom stereocenters. The van der Waals surface area contributed by atoms with Gasteiger partial charge in [-0.15, -0.1) is 0 Å². The molecular weight excluding hydrogens is 642 g/mol. The molecule has 3 aromatic carbocycles. The van der Waals surface area contributed by atoms with Crippen LogP contribution in [0.15, 0.2) is 72.8 Å². The third-order valence-corrected chi connectivity index (χ3v) is 10.1. The number of rotatable bonds is 12. The number of phenols is 1. The Labute approximate surface area is 300 Å². The number of aromatic hydroxyl groups is 1. The lowest BCUT2D eigenvalue weighted by Crippen LogP contribution is -2.60. The summed E-state index contributed by atoms with van der Waals surface area (Å²) in [5.74, 6) is -0.105. The molecule has 0 aromatic heterocycles. The topological polar surface area (TPSA) is 167 Å². The van der Waals surface area contributed by atoms with Crippen molar-refractivity contribution in [2.24, 2.45) is 5.73 Å². The zero-order valence-corrected chi connectivity index (χ0v) is 29.7. The number of carbonyl (C=O) groups is 3. The van der Waals surface area contributed by atoms with E-state index < -0.39 is 6.04 Å². The standard InChI is InChI=1S/C38H43N7O4.C2H6/c1-42-37(48)34(6-4-18-46)45-21-27-19-28(12-13-30(27)38(45)49)44-22-29(23-44)43-16-14-25(15-17-43)24-8-10-26(11-9-24)32(36(40)41)20-33(39)31-5-2-3-7-35(31)47;1-2/h2-3,5,7-13,18-20,25,29,34,39,47H,4,6,14-17,21-23H2,1H3,(H3,40,41)(H,42,48);1-2H3/b32-20-,39-33?;. The summed E-state index contributed by atoms with van der Waals surface area (Å²) in [4.78, 5) is 43.1. The lowest BCUT2D eigenvalue weighted by molar-refractivity contribution is -0.125. The van der Waals surface area contributed by atoms with Crippen LogP contribution in [0.5, 0.6) is 5.75 Å². The number of allylic oxidation sites excluding steroid dienone is 1. The average molecular weight is 692 g/mol. The Balaban J connectivity index is 0.00000248. The van der Waals surface area contributed by atoms with Crippen LogP contribution in [0.25, 0.3) is 5.57 Å². The van der Waals surface area contributed by atoms with Crippen LogP contribution >= 0.6 is 0 Å². The lowest BCUT2D eigenvalue weighted by Gasteiger charge is -2.48. The number of likely N-dealkylation sites (N-methyl/N-ethyl adjacent to an activating group) is 1. The van der Waals surface area contributed by atoms with E-state index in [-0.39, 0.29) is 35.5 Å². The van der Waals surface area contributed by atoms with Gasteiger partial charge >= 0.3 is 0 Å². The molecule has 11 heteroatoms. The summed E-state index contributed by atoms with van der Waals surface area (Å²) < 4.78 is 0. The quantitative estimate of drug-likeness (QED) is 0.102. The highest BCUT2D eigenvalue weighted by molar-refractivity contribution is 6.27. The average Bonchev–Trinajstić information content (AvgIpc) is 3.46. The molecule has 2 saturated heterocycles. The number of anilines is 1. The number of fused-ring (bicyclic) bond motifs is 1. The van der Waals surface area contributed by atoms with Crippen molar-refractivity contribution >= 4 is 40.9 Å². The van der Waals surface area contributed by atoms with Crippen LogP contribution in [-0.2, 0) is 16.1 Å². The number of para-hydroxylation sites is 1. The van der Waals surface area contributed by atoms with Crippen molar-refractivity contribution in [3.8, 4) is 5.75 Å². The van der Waals surface area contributed by atoms with Gasteiger partial charge in [0.25, 0.3) is 5.91 Å². The number of amides is 2. The van der Waals surface area contributed by atoms with Gasteiger partial charge in [0.15, 0.2) is 0 Å². The highest BCUT2D eigenvalue weighted by atomic mass is 16.3. The minimum Gasteiger partial charge on any atom is -0.507 e. The first kappa shape index (κ1) is 37.0. The van der Waals surface area contributed by atoms with Crippen LogP contribution in [0.2, 0.25) is 0 Å². The second-order valence-electron chi connectivity index (χ2n) is 13.0. The molecule has 11 nitrogen and oxygen atoms in total. The Hall–Kier alpha value is -5.29. The molecule has 1 unspecified atom stereocenters. The first-order valence-corrected chi connectivity index (χ1v) is 17.8. The van der Waals surface area contributed by atoms with E-state index in [0.717, 1.165) is 62.1 Å². The molecule has 268 valence electrons. The van der Waals surface area contributed by atoms with Gasteiger partial charge in [-0.2, -0.15) is 0 Å². The van der Waals surface area contributed by atoms with Crippen molar-refractivity contribution in [1.29, 1.82) is 10.8 Å². The van der Waals surface area contributed by atoms with Crippen molar-refractivity contribution in [2.75, 3.05) is 38.1 Å². The van der Waals surface area contributed by atoms with Crippen molar-refractivity contribution in [1.82, 2.24) is 15.1 Å². The maximum Gasteiger partial charge on any atom is 0.255 e. The SMILES string of the molecule is CC.CNC(=O)C(CCC=O)N1Cc2cc(N3CC(N4CCC(c5ccc(/C(=C/C(=N)c6ccccc6O)C(=N)N)cc5)CC4)C3)ccc2C1=O. The molecule has 3 aromatic rings. The van der Waals surface area contributed by atoms with Gasteiger partial charge in [0.05, 0.1) is 5.71 Å². The molecule has 0 spiro atoms. The minimum atomic E-state index is -0.667. The van der Waals surface area contributed by atoms with E-state index in [1.165, 1.54) is 17.7 Å². The number of nitrogens with one attached hydrogen (secondary N) is 3. The van der Waals surface area contributed by atoms with Gasteiger partial charge in [-0.25, -0.2) is 0 Å². The molecule has 0 bridgehead atoms. The van der Waals surface area contributed by atoms with Gasteiger partial charge in [0.1, 0.15) is 23.9 Å². The van der Waals surface area contributed by atoms with Crippen LogP contribution in [0.4, 0.5) is 5.69 Å². The van der Waals surface area contributed by atoms with Crippen molar-refractivity contribution in [3.63, 3.8) is 0 Å². The first-order valence-electron chi connectivity index (χ1n) is 17.8. The Bertz CT molecular complexity index is 1790. The molecule has 0 aliphatic carbocycles. The first-order chi connectivity index (χ1) is 24.7. The van der Waals surface area contributed by atoms with Crippen molar-refractivity contribution < 1.29 is 19.5 Å². The highest BCUT2D eigenvalue weighted by Gasteiger charge is 2.38. The fourth-order valence-corrected chi connectivity index (χ4v) is 7.27. The smallest absolute Gasteiger partial charge is 0.255 e. The summed E-state index contributed by atoms with van der Waals surface area (Å²) in [5, 5.41) is 29.3. The molecule has 3 aliphatic heterocycles. The van der Waals surface area contributed by atoms with Crippen LogP contribution < -0.4 is 16.0 Å². The lowest BCUT2D eigenvalue weighted by atomic mass is 9.87. The summed E-state index contributed by atoms with van der Waals surface area (Å²) in [6, 6.07) is 20.5. The third kappa shape index (κ3) is 8.04. The van der Waals surface area contributed by atoms with Crippen molar-refractivity contribution in [2.45, 2.75) is 64.1 Å². The predicted molar refractivity (Wildman–Crippen MR) is 202 cm³/mol. The van der Waals surface area contributed by atoms with Gasteiger partial charge < -0.3 is 36.2 Å². The number of benzene rings is 3. The van der Waals surface area contributed by atoms with Gasteiger partial charge in [-0.05, 0) is 91.4 Å². The van der Waals surface area contributed by atoms with Crippen LogP contribution in [0.1, 0.15) is 78.1 Å². The number of phenolic OH excluding ortho intramolecular Hbond substituents is 1. The highest BCUT2D eigenvalue weighted by Crippen LogP contribution is 2.35. The maximum absolute atomic E-state index is 13.2. The molecular formula is C40H49N7O4. The van der Waals surface area contributed by atoms with Crippen LogP contribution in [-0.4, -0.2) is 89.9 Å². The number of carbonyl (C=O) groups excluding carboxylic acids is 3. The maximum atomic E-state index is 13.2. The van der Waals surface area contributed by atoms with E-state index in [9.17, 15) is 19.5 Å². The Kier molecular flexibility index (Phi) is 12.0. The summed E-state index contributed by atoms with van der Waals surface area (Å²) in [5.41, 5.74) is 11.5. The molecule has 3 heterocycles. The van der Waals surface area contributed by atoms with Gasteiger partial charge in [0.2, 0.25) is 5.91 Å². The molecule has 51 heavy (non-hydrogen) atoms. The minimum absolute atomic E-state index is 0.0119. The fraction of sp³-hybridized carbons (Fsp3) is 0.375. The molecule has 3 aliphatic rings. The number of aldehydes is 1. The van der Waals surface area contributed by atoms with Gasteiger partial charge in [-0.1, -0.05) is 50.2 Å². The van der Waals surface area contributed by atoms with Gasteiger partial charge in [0, 0.05) is 61.5 Å². The fourth-order valence-electron chi connectivity index (χ4n) is 7.27. The summed E-state index contributed by atoms with van der Waals surface area (Å²) in [7, 11) is 1.55. The third-order valence-electron chi connectivity index (χ3n) is 10.1. The monoisotopic (exact) mass is 691 g/mol. The number of likely N-dealkylation sites (tertiary alicyclic amines) is 1. The number of nitrogens with zero attached hydrogens (tertiary/aromatic N) is 3. The van der Waals surface area contributed by atoms with E-state index in [0.29, 0.717) is 41.6 Å². The Morgan fingerprint density at radius 2 is 1.73 bits per heavy atom. The summed E-state index contributed by atoms with van der Waals surface area (Å²) in [6.45, 7) is 8.23. The summed E-state index contributed by atoms with van der Waals surface area (Å²) >= 11 is 0. The number of hydrogen-bond donors (Lipinski definition) is 5. The zero-order chi connectivity index (χ0) is 36.7. The van der Waals surface area contributed by atoms with E-state index >= 15 is 0 Å². The van der Waals surface area contributed by atoms with E-state index in [1.54, 1.807) is 30.1 Å². The normalized spacial score (nSPS) is 17.2. The summed E-state index contributed by atoms with van der Waals surface area (Å²) in [6.07, 6.45) is 4.94. The molecule has 6 rings (SSSR count). The Morgan fingerprint density at radius 1 is 1.04 bits per heavy atom. The second-order valence-corrected chi connectivity index (χ2v) is 13.0. The van der Waals surface area contributed by atoms with E-state index in [1.807, 2.05) is 38.1 Å². The largest absolute Gasteiger partial charge is 0.507 e. The molecule has 0 radical (unpaired) electrons. The molecule has 2 fully saturated rings. The van der Waals surface area contributed by atoms with E-state index in [4.69, 9.17) is 16.6 Å². The zero-order valence-electron chi connectivity index (χ0n) is 29.7.